The summed E-state index contributed by atoms with van der Waals surface area (Å²) >= 11 is 0. The summed E-state index contributed by atoms with van der Waals surface area (Å²) in [7, 11) is 0. The van der Waals surface area contributed by atoms with Crippen LogP contribution in [0.4, 0.5) is 10.5 Å². The molecule has 0 aliphatic carbocycles. The number of nitrogens with two attached hydrogens (primary N) is 1. The van der Waals surface area contributed by atoms with Crippen molar-refractivity contribution in [3.63, 3.8) is 0 Å². The maximum absolute atomic E-state index is 11.8. The van der Waals surface area contributed by atoms with Crippen LogP contribution >= 0.6 is 0 Å². The van der Waals surface area contributed by atoms with Crippen molar-refractivity contribution < 1.29 is 9.53 Å². The third-order valence-electron chi connectivity index (χ3n) is 3.37. The third kappa shape index (κ3) is 3.94. The fourth-order valence-electron chi connectivity index (χ4n) is 2.14. The Kier molecular flexibility index (Phi) is 4.39. The monoisotopic (exact) mass is 263 g/mol. The Morgan fingerprint density at radius 2 is 2.16 bits per heavy atom. The van der Waals surface area contributed by atoms with Gasteiger partial charge >= 0.3 is 6.03 Å². The molecule has 0 saturated carbocycles. The number of carbonyl (C=O) groups is 1. The minimum Gasteiger partial charge on any atom is -0.373 e. The molecule has 0 radical (unpaired) electrons. The van der Waals surface area contributed by atoms with Crippen molar-refractivity contribution in [3.8, 4) is 0 Å². The lowest BCUT2D eigenvalue weighted by molar-refractivity contribution is 0.0232. The molecule has 5 heteroatoms. The Balaban J connectivity index is 1.80. The van der Waals surface area contributed by atoms with Gasteiger partial charge in [-0.25, -0.2) is 4.79 Å². The van der Waals surface area contributed by atoms with Gasteiger partial charge in [-0.2, -0.15) is 0 Å². The van der Waals surface area contributed by atoms with E-state index in [1.807, 2.05) is 31.2 Å². The zero-order valence-electron chi connectivity index (χ0n) is 11.2. The Labute approximate surface area is 113 Å². The van der Waals surface area contributed by atoms with E-state index in [1.54, 1.807) is 0 Å². The van der Waals surface area contributed by atoms with Crippen molar-refractivity contribution in [2.75, 3.05) is 18.5 Å². The van der Waals surface area contributed by atoms with E-state index in [4.69, 9.17) is 10.5 Å². The predicted molar refractivity (Wildman–Crippen MR) is 74.9 cm³/mol. The average molecular weight is 263 g/mol. The Hall–Kier alpha value is -1.59. The summed E-state index contributed by atoms with van der Waals surface area (Å²) in [6.07, 6.45) is 2.04. The van der Waals surface area contributed by atoms with Crippen molar-refractivity contribution in [3.05, 3.63) is 29.8 Å². The smallest absolute Gasteiger partial charge is 0.319 e. The number of carbonyl (C=O) groups excluding carboxylic acids is 1. The molecule has 1 atom stereocenters. The summed E-state index contributed by atoms with van der Waals surface area (Å²) in [5.41, 5.74) is 7.09. The van der Waals surface area contributed by atoms with Crippen LogP contribution in [0.1, 0.15) is 25.3 Å². The fraction of sp³-hybridized carbons (Fsp3) is 0.500. The number of hydrogen-bond acceptors (Lipinski definition) is 3. The van der Waals surface area contributed by atoms with Crippen molar-refractivity contribution in [1.82, 2.24) is 5.32 Å². The molecule has 5 nitrogen and oxygen atoms in total. The van der Waals surface area contributed by atoms with E-state index in [1.165, 1.54) is 0 Å². The van der Waals surface area contributed by atoms with Crippen molar-refractivity contribution in [2.45, 2.75) is 31.9 Å². The number of rotatable bonds is 4. The molecule has 1 aromatic rings. The first-order chi connectivity index (χ1) is 9.11. The SMILES string of the molecule is CC1(CNC(=O)Nc2ccc(CN)cc2)CCCO1. The molecule has 2 amide bonds. The highest BCUT2D eigenvalue weighted by molar-refractivity contribution is 5.89. The zero-order valence-corrected chi connectivity index (χ0v) is 11.2. The van der Waals surface area contributed by atoms with E-state index in [9.17, 15) is 4.79 Å². The number of benzene rings is 1. The predicted octanol–water partition coefficient (Wildman–Crippen LogP) is 1.84. The Morgan fingerprint density at radius 3 is 2.74 bits per heavy atom. The van der Waals surface area contributed by atoms with Crippen LogP contribution < -0.4 is 16.4 Å². The first kappa shape index (κ1) is 13.8. The van der Waals surface area contributed by atoms with Crippen LogP contribution in [0.2, 0.25) is 0 Å². The van der Waals surface area contributed by atoms with Crippen molar-refractivity contribution in [1.29, 1.82) is 0 Å². The van der Waals surface area contributed by atoms with Gasteiger partial charge in [-0.3, -0.25) is 0 Å². The lowest BCUT2D eigenvalue weighted by Gasteiger charge is -2.23. The van der Waals surface area contributed by atoms with Gasteiger partial charge in [0.15, 0.2) is 0 Å². The van der Waals surface area contributed by atoms with Gasteiger partial charge in [0, 0.05) is 25.4 Å². The largest absolute Gasteiger partial charge is 0.373 e. The van der Waals surface area contributed by atoms with E-state index in [-0.39, 0.29) is 11.6 Å². The second-order valence-corrected chi connectivity index (χ2v) is 5.11. The van der Waals surface area contributed by atoms with Crippen LogP contribution in [-0.2, 0) is 11.3 Å². The molecule has 1 unspecified atom stereocenters. The van der Waals surface area contributed by atoms with E-state index >= 15 is 0 Å². The maximum Gasteiger partial charge on any atom is 0.319 e. The van der Waals surface area contributed by atoms with Gasteiger partial charge < -0.3 is 21.1 Å². The lowest BCUT2D eigenvalue weighted by atomic mass is 10.0. The highest BCUT2D eigenvalue weighted by atomic mass is 16.5. The summed E-state index contributed by atoms with van der Waals surface area (Å²) in [5, 5.41) is 5.63. The second-order valence-electron chi connectivity index (χ2n) is 5.11. The second kappa shape index (κ2) is 6.04. The highest BCUT2D eigenvalue weighted by Crippen LogP contribution is 2.23. The van der Waals surface area contributed by atoms with E-state index in [0.29, 0.717) is 13.1 Å². The van der Waals surface area contributed by atoms with Gasteiger partial charge in [0.2, 0.25) is 0 Å². The number of urea groups is 1. The summed E-state index contributed by atoms with van der Waals surface area (Å²) in [6.45, 7) is 3.83. The molecule has 19 heavy (non-hydrogen) atoms. The molecule has 0 bridgehead atoms. The van der Waals surface area contributed by atoms with Crippen molar-refractivity contribution >= 4 is 11.7 Å². The molecule has 0 spiro atoms. The number of nitrogens with one attached hydrogen (secondary N) is 2. The molecule has 2 rings (SSSR count). The molecule has 4 N–H and O–H groups in total. The molecular formula is C14H21N3O2. The molecular weight excluding hydrogens is 242 g/mol. The molecule has 1 heterocycles. The summed E-state index contributed by atoms with van der Waals surface area (Å²) in [5.74, 6) is 0. The van der Waals surface area contributed by atoms with Crippen LogP contribution in [0.5, 0.6) is 0 Å². The van der Waals surface area contributed by atoms with Crippen LogP contribution in [0.15, 0.2) is 24.3 Å². The summed E-state index contributed by atoms with van der Waals surface area (Å²) < 4.78 is 5.61. The van der Waals surface area contributed by atoms with Crippen LogP contribution in [-0.4, -0.2) is 24.8 Å². The van der Waals surface area contributed by atoms with Crippen LogP contribution in [0.25, 0.3) is 0 Å². The number of amides is 2. The molecule has 1 aromatic carbocycles. The van der Waals surface area contributed by atoms with Gasteiger partial charge in [-0.15, -0.1) is 0 Å². The Bertz CT molecular complexity index is 425. The van der Waals surface area contributed by atoms with Gasteiger partial charge in [0.25, 0.3) is 0 Å². The molecule has 1 saturated heterocycles. The maximum atomic E-state index is 11.8. The first-order valence-electron chi connectivity index (χ1n) is 6.59. The lowest BCUT2D eigenvalue weighted by Crippen LogP contribution is -2.41. The highest BCUT2D eigenvalue weighted by Gasteiger charge is 2.29. The number of hydrogen-bond donors (Lipinski definition) is 3. The van der Waals surface area contributed by atoms with E-state index in [0.717, 1.165) is 30.7 Å². The zero-order chi connectivity index (χ0) is 13.7. The van der Waals surface area contributed by atoms with Gasteiger partial charge in [0.1, 0.15) is 0 Å². The number of ether oxygens (including phenoxy) is 1. The minimum atomic E-state index is -0.221. The fourth-order valence-corrected chi connectivity index (χ4v) is 2.14. The standard InChI is InChI=1S/C14H21N3O2/c1-14(7-2-8-19-14)10-16-13(18)17-12-5-3-11(9-15)4-6-12/h3-6H,2,7-10,15H2,1H3,(H2,16,17,18). The summed E-state index contributed by atoms with van der Waals surface area (Å²) in [4.78, 5) is 11.8. The topological polar surface area (TPSA) is 76.4 Å². The average Bonchev–Trinajstić information content (AvgIpc) is 2.85. The molecule has 104 valence electrons. The first-order valence-corrected chi connectivity index (χ1v) is 6.59. The van der Waals surface area contributed by atoms with Gasteiger partial charge in [0.05, 0.1) is 5.60 Å². The molecule has 1 fully saturated rings. The van der Waals surface area contributed by atoms with Gasteiger partial charge in [-0.05, 0) is 37.5 Å². The number of anilines is 1. The minimum absolute atomic E-state index is 0.211. The molecule has 0 aromatic heterocycles. The van der Waals surface area contributed by atoms with E-state index < -0.39 is 0 Å². The van der Waals surface area contributed by atoms with E-state index in [2.05, 4.69) is 10.6 Å². The van der Waals surface area contributed by atoms with Crippen molar-refractivity contribution in [2.24, 2.45) is 5.73 Å². The quantitative estimate of drug-likeness (QED) is 0.775. The third-order valence-corrected chi connectivity index (χ3v) is 3.37. The molecule has 1 aliphatic rings. The van der Waals surface area contributed by atoms with Gasteiger partial charge in [-0.1, -0.05) is 12.1 Å². The van der Waals surface area contributed by atoms with Crippen LogP contribution in [0, 0.1) is 0 Å². The normalized spacial score (nSPS) is 22.2. The summed E-state index contributed by atoms with van der Waals surface area (Å²) in [6, 6.07) is 7.27. The van der Waals surface area contributed by atoms with Crippen LogP contribution in [0.3, 0.4) is 0 Å². The molecule has 1 aliphatic heterocycles. The Morgan fingerprint density at radius 1 is 1.42 bits per heavy atom.